The van der Waals surface area contributed by atoms with Crippen LogP contribution in [0, 0.1) is 0 Å². The van der Waals surface area contributed by atoms with Gasteiger partial charge in [-0.1, -0.05) is 6.92 Å². The van der Waals surface area contributed by atoms with Crippen molar-refractivity contribution in [2.45, 2.75) is 26.2 Å². The van der Waals surface area contributed by atoms with Crippen LogP contribution in [0.4, 0.5) is 0 Å². The maximum atomic E-state index is 10.3. The van der Waals surface area contributed by atoms with Crippen molar-refractivity contribution >= 4 is 5.97 Å². The molecule has 4 nitrogen and oxygen atoms in total. The Balaban J connectivity index is 2.65. The van der Waals surface area contributed by atoms with Crippen LogP contribution in [-0.4, -0.2) is 20.9 Å². The van der Waals surface area contributed by atoms with E-state index in [1.54, 1.807) is 4.68 Å². The van der Waals surface area contributed by atoms with Crippen LogP contribution < -0.4 is 0 Å². The van der Waals surface area contributed by atoms with Crippen molar-refractivity contribution in [1.82, 2.24) is 9.78 Å². The van der Waals surface area contributed by atoms with E-state index < -0.39 is 5.97 Å². The quantitative estimate of drug-likeness (QED) is 0.755. The predicted molar refractivity (Wildman–Crippen MR) is 48.5 cm³/mol. The molecule has 0 amide bonds. The van der Waals surface area contributed by atoms with Gasteiger partial charge < -0.3 is 5.11 Å². The summed E-state index contributed by atoms with van der Waals surface area (Å²) < 4.78 is 1.75. The zero-order valence-electron chi connectivity index (χ0n) is 7.95. The lowest BCUT2D eigenvalue weighted by atomic mass is 10.2. The second kappa shape index (κ2) is 4.07. The summed E-state index contributed by atoms with van der Waals surface area (Å²) in [5, 5.41) is 12.7. The molecule has 1 N–H and O–H groups in total. The molecular weight excluding hydrogens is 168 g/mol. The molecule has 0 saturated carbocycles. The zero-order chi connectivity index (χ0) is 9.84. The number of nitrogens with zero attached hydrogens (tertiary/aromatic N) is 2. The smallest absolute Gasteiger partial charge is 0.303 e. The summed E-state index contributed by atoms with van der Waals surface area (Å²) in [5.74, 6) is -0.765. The highest BCUT2D eigenvalue weighted by Gasteiger charge is 2.05. The van der Waals surface area contributed by atoms with Gasteiger partial charge in [-0.15, -0.1) is 0 Å². The third-order valence-corrected chi connectivity index (χ3v) is 1.98. The number of hydrogen-bond acceptors (Lipinski definition) is 2. The van der Waals surface area contributed by atoms with Crippen LogP contribution in [0.3, 0.4) is 0 Å². The number of aliphatic carboxylic acids is 1. The molecule has 1 rings (SSSR count). The topological polar surface area (TPSA) is 55.1 Å². The van der Waals surface area contributed by atoms with E-state index in [1.807, 2.05) is 20.0 Å². The van der Waals surface area contributed by atoms with Gasteiger partial charge in [-0.25, -0.2) is 0 Å². The molecule has 1 heterocycles. The molecular formula is C9H14N2O2. The first kappa shape index (κ1) is 9.77. The maximum absolute atomic E-state index is 10.3. The molecule has 0 fully saturated rings. The van der Waals surface area contributed by atoms with E-state index in [1.165, 1.54) is 0 Å². The van der Waals surface area contributed by atoms with Crippen molar-refractivity contribution in [2.24, 2.45) is 7.05 Å². The molecule has 0 bridgehead atoms. The zero-order valence-corrected chi connectivity index (χ0v) is 7.95. The number of hydrogen-bond donors (Lipinski definition) is 1. The molecule has 4 heteroatoms. The molecule has 1 aromatic rings. The number of rotatable bonds is 4. The first-order chi connectivity index (χ1) is 6.13. The van der Waals surface area contributed by atoms with Gasteiger partial charge in [0.25, 0.3) is 0 Å². The summed E-state index contributed by atoms with van der Waals surface area (Å²) in [4.78, 5) is 10.3. The Labute approximate surface area is 77.2 Å². The van der Waals surface area contributed by atoms with Crippen molar-refractivity contribution in [1.29, 1.82) is 0 Å². The average molecular weight is 182 g/mol. The molecule has 0 radical (unpaired) electrons. The fourth-order valence-electron chi connectivity index (χ4n) is 1.21. The summed E-state index contributed by atoms with van der Waals surface area (Å²) in [7, 11) is 1.84. The highest BCUT2D eigenvalue weighted by atomic mass is 16.4. The van der Waals surface area contributed by atoms with Gasteiger partial charge in [0.2, 0.25) is 0 Å². The second-order valence-electron chi connectivity index (χ2n) is 3.00. The molecule has 0 unspecified atom stereocenters. The van der Waals surface area contributed by atoms with Crippen LogP contribution in [0.1, 0.15) is 24.7 Å². The molecule has 0 aliphatic carbocycles. The van der Waals surface area contributed by atoms with Crippen LogP contribution in [0.5, 0.6) is 0 Å². The van der Waals surface area contributed by atoms with E-state index >= 15 is 0 Å². The second-order valence-corrected chi connectivity index (χ2v) is 3.00. The minimum Gasteiger partial charge on any atom is -0.481 e. The van der Waals surface area contributed by atoms with E-state index in [9.17, 15) is 4.79 Å². The number of carbonyl (C=O) groups is 1. The average Bonchev–Trinajstić information content (AvgIpc) is 2.43. The lowest BCUT2D eigenvalue weighted by Gasteiger charge is -1.97. The minimum atomic E-state index is -0.765. The van der Waals surface area contributed by atoms with E-state index in [2.05, 4.69) is 5.10 Å². The molecule has 1 aromatic heterocycles. The van der Waals surface area contributed by atoms with Crippen molar-refractivity contribution in [3.8, 4) is 0 Å². The van der Waals surface area contributed by atoms with Crippen LogP contribution in [0.15, 0.2) is 6.07 Å². The van der Waals surface area contributed by atoms with Gasteiger partial charge in [-0.3, -0.25) is 9.48 Å². The summed E-state index contributed by atoms with van der Waals surface area (Å²) in [6, 6.07) is 1.96. The van der Waals surface area contributed by atoms with E-state index in [4.69, 9.17) is 5.11 Å². The molecule has 0 spiro atoms. The highest BCUT2D eigenvalue weighted by Crippen LogP contribution is 2.06. The molecule has 72 valence electrons. The van der Waals surface area contributed by atoms with E-state index in [0.717, 1.165) is 17.8 Å². The number of carboxylic acids is 1. The lowest BCUT2D eigenvalue weighted by Crippen LogP contribution is -2.02. The van der Waals surface area contributed by atoms with E-state index in [-0.39, 0.29) is 6.42 Å². The fourth-order valence-corrected chi connectivity index (χ4v) is 1.21. The van der Waals surface area contributed by atoms with Crippen LogP contribution in [0.2, 0.25) is 0 Å². The normalized spacial score (nSPS) is 10.3. The minimum absolute atomic E-state index is 0.169. The van der Waals surface area contributed by atoms with Gasteiger partial charge in [-0.2, -0.15) is 5.10 Å². The Hall–Kier alpha value is -1.32. The fraction of sp³-hybridized carbons (Fsp3) is 0.556. The van der Waals surface area contributed by atoms with Crippen LogP contribution in [0.25, 0.3) is 0 Å². The Morgan fingerprint density at radius 1 is 1.69 bits per heavy atom. The third-order valence-electron chi connectivity index (χ3n) is 1.98. The van der Waals surface area contributed by atoms with Gasteiger partial charge in [0.05, 0.1) is 12.1 Å². The highest BCUT2D eigenvalue weighted by molar-refractivity contribution is 5.66. The molecule has 13 heavy (non-hydrogen) atoms. The summed E-state index contributed by atoms with van der Waals surface area (Å²) in [6.07, 6.45) is 1.61. The van der Waals surface area contributed by atoms with Gasteiger partial charge in [0, 0.05) is 12.7 Å². The maximum Gasteiger partial charge on any atom is 0.303 e. The Kier molecular flexibility index (Phi) is 3.06. The molecule has 0 atom stereocenters. The van der Waals surface area contributed by atoms with Crippen LogP contribution >= 0.6 is 0 Å². The van der Waals surface area contributed by atoms with Gasteiger partial charge in [-0.05, 0) is 18.9 Å². The summed E-state index contributed by atoms with van der Waals surface area (Å²) in [5.41, 5.74) is 2.00. The standard InChI is InChI=1S/C9H14N2O2/c1-3-7-6-8(11(2)10-7)4-5-9(12)13/h6H,3-5H2,1-2H3,(H,12,13). The number of aryl methyl sites for hydroxylation is 3. The molecule has 0 aliphatic heterocycles. The van der Waals surface area contributed by atoms with Crippen molar-refractivity contribution in [3.63, 3.8) is 0 Å². The van der Waals surface area contributed by atoms with E-state index in [0.29, 0.717) is 6.42 Å². The number of aromatic nitrogens is 2. The third kappa shape index (κ3) is 2.57. The van der Waals surface area contributed by atoms with Crippen molar-refractivity contribution in [3.05, 3.63) is 17.5 Å². The summed E-state index contributed by atoms with van der Waals surface area (Å²) >= 11 is 0. The Bertz CT molecular complexity index is 305. The van der Waals surface area contributed by atoms with Gasteiger partial charge >= 0.3 is 5.97 Å². The van der Waals surface area contributed by atoms with Gasteiger partial charge in [0.1, 0.15) is 0 Å². The molecule has 0 aliphatic rings. The SMILES string of the molecule is CCc1cc(CCC(=O)O)n(C)n1. The first-order valence-electron chi connectivity index (χ1n) is 4.37. The predicted octanol–water partition coefficient (Wildman–Crippen LogP) is 1.000. The van der Waals surface area contributed by atoms with Crippen LogP contribution in [-0.2, 0) is 24.7 Å². The van der Waals surface area contributed by atoms with Gasteiger partial charge in [0.15, 0.2) is 0 Å². The number of carboxylic acid groups (broad SMARTS) is 1. The lowest BCUT2D eigenvalue weighted by molar-refractivity contribution is -0.136. The Morgan fingerprint density at radius 2 is 2.38 bits per heavy atom. The first-order valence-corrected chi connectivity index (χ1v) is 4.37. The largest absolute Gasteiger partial charge is 0.481 e. The Morgan fingerprint density at radius 3 is 2.85 bits per heavy atom. The van der Waals surface area contributed by atoms with Crippen molar-refractivity contribution < 1.29 is 9.90 Å². The molecule has 0 aromatic carbocycles. The summed E-state index contributed by atoms with van der Waals surface area (Å²) in [6.45, 7) is 2.03. The van der Waals surface area contributed by atoms with Crippen molar-refractivity contribution in [2.75, 3.05) is 0 Å². The monoisotopic (exact) mass is 182 g/mol. The molecule has 0 saturated heterocycles.